The summed E-state index contributed by atoms with van der Waals surface area (Å²) in [5, 5.41) is 3.43. The Balaban J connectivity index is 1.69. The molecule has 0 aromatic carbocycles. The zero-order valence-electron chi connectivity index (χ0n) is 9.50. The normalized spacial score (nSPS) is 28.1. The van der Waals surface area contributed by atoms with Crippen molar-refractivity contribution in [1.82, 2.24) is 10.2 Å². The highest BCUT2D eigenvalue weighted by molar-refractivity contribution is 5.76. The van der Waals surface area contributed by atoms with Crippen molar-refractivity contribution in [3.8, 4) is 0 Å². The highest BCUT2D eigenvalue weighted by atomic mass is 16.2. The Morgan fingerprint density at radius 3 is 3.00 bits per heavy atom. The summed E-state index contributed by atoms with van der Waals surface area (Å²) in [6.45, 7) is 4.32. The Labute approximate surface area is 92.2 Å². The van der Waals surface area contributed by atoms with E-state index in [0.717, 1.165) is 38.4 Å². The number of carbonyl (C=O) groups is 1. The molecule has 3 nitrogen and oxygen atoms in total. The number of likely N-dealkylation sites (tertiary alicyclic amines) is 1. The predicted octanol–water partition coefficient (Wildman–Crippen LogP) is 1.39. The standard InChI is InChI=1S/C12H22N2O/c15-12-5-1-2-8-14(12)9-6-11-4-3-7-13-10-11/h11,13H,1-10H2. The molecular formula is C12H22N2O. The highest BCUT2D eigenvalue weighted by Gasteiger charge is 2.20. The van der Waals surface area contributed by atoms with Crippen LogP contribution in [0.4, 0.5) is 0 Å². The molecule has 0 radical (unpaired) electrons. The summed E-state index contributed by atoms with van der Waals surface area (Å²) in [5.41, 5.74) is 0. The van der Waals surface area contributed by atoms with E-state index in [1.807, 2.05) is 0 Å². The Bertz CT molecular complexity index is 212. The molecule has 0 saturated carbocycles. The van der Waals surface area contributed by atoms with Gasteiger partial charge in [-0.25, -0.2) is 0 Å². The fourth-order valence-corrected chi connectivity index (χ4v) is 2.61. The largest absolute Gasteiger partial charge is 0.343 e. The fourth-order valence-electron chi connectivity index (χ4n) is 2.61. The molecule has 2 rings (SSSR count). The lowest BCUT2D eigenvalue weighted by atomic mass is 9.95. The van der Waals surface area contributed by atoms with Crippen LogP contribution in [0.15, 0.2) is 0 Å². The summed E-state index contributed by atoms with van der Waals surface area (Å²) < 4.78 is 0. The smallest absolute Gasteiger partial charge is 0.222 e. The minimum atomic E-state index is 0.380. The number of rotatable bonds is 3. The number of piperidine rings is 2. The maximum atomic E-state index is 11.6. The fraction of sp³-hybridized carbons (Fsp3) is 0.917. The van der Waals surface area contributed by atoms with Gasteiger partial charge in [-0.3, -0.25) is 4.79 Å². The van der Waals surface area contributed by atoms with Crippen LogP contribution in [0.1, 0.15) is 38.5 Å². The van der Waals surface area contributed by atoms with Gasteiger partial charge in [-0.1, -0.05) is 0 Å². The molecule has 0 aromatic heterocycles. The third kappa shape index (κ3) is 3.20. The summed E-state index contributed by atoms with van der Waals surface area (Å²) >= 11 is 0. The molecular weight excluding hydrogens is 188 g/mol. The summed E-state index contributed by atoms with van der Waals surface area (Å²) in [4.78, 5) is 13.6. The van der Waals surface area contributed by atoms with Crippen molar-refractivity contribution < 1.29 is 4.79 Å². The molecule has 2 heterocycles. The number of nitrogens with zero attached hydrogens (tertiary/aromatic N) is 1. The van der Waals surface area contributed by atoms with E-state index in [2.05, 4.69) is 10.2 Å². The van der Waals surface area contributed by atoms with Crippen LogP contribution in [0.3, 0.4) is 0 Å². The molecule has 0 bridgehead atoms. The van der Waals surface area contributed by atoms with Crippen LogP contribution in [0.25, 0.3) is 0 Å². The lowest BCUT2D eigenvalue weighted by Gasteiger charge is -2.30. The van der Waals surface area contributed by atoms with Gasteiger partial charge in [0.15, 0.2) is 0 Å². The van der Waals surface area contributed by atoms with E-state index in [4.69, 9.17) is 0 Å². The second-order valence-electron chi connectivity index (χ2n) is 4.84. The third-order valence-electron chi connectivity index (χ3n) is 3.63. The van der Waals surface area contributed by atoms with Gasteiger partial charge in [0.05, 0.1) is 0 Å². The molecule has 1 unspecified atom stereocenters. The molecule has 3 heteroatoms. The first-order chi connectivity index (χ1) is 7.36. The van der Waals surface area contributed by atoms with Crippen molar-refractivity contribution in [3.63, 3.8) is 0 Å². The highest BCUT2D eigenvalue weighted by Crippen LogP contribution is 2.17. The Hall–Kier alpha value is -0.570. The van der Waals surface area contributed by atoms with Crippen LogP contribution in [0, 0.1) is 5.92 Å². The molecule has 15 heavy (non-hydrogen) atoms. The molecule has 0 aromatic rings. The average molecular weight is 210 g/mol. The van der Waals surface area contributed by atoms with Crippen LogP contribution in [0.5, 0.6) is 0 Å². The molecule has 2 aliphatic rings. The van der Waals surface area contributed by atoms with Crippen molar-refractivity contribution in [3.05, 3.63) is 0 Å². The molecule has 0 aliphatic carbocycles. The van der Waals surface area contributed by atoms with E-state index < -0.39 is 0 Å². The first-order valence-electron chi connectivity index (χ1n) is 6.35. The molecule has 1 N–H and O–H groups in total. The lowest BCUT2D eigenvalue weighted by molar-refractivity contribution is -0.133. The first-order valence-corrected chi connectivity index (χ1v) is 6.35. The topological polar surface area (TPSA) is 32.3 Å². The van der Waals surface area contributed by atoms with Gasteiger partial charge >= 0.3 is 0 Å². The van der Waals surface area contributed by atoms with Gasteiger partial charge in [-0.2, -0.15) is 0 Å². The van der Waals surface area contributed by atoms with E-state index in [9.17, 15) is 4.79 Å². The van der Waals surface area contributed by atoms with Crippen molar-refractivity contribution in [2.24, 2.45) is 5.92 Å². The molecule has 1 amide bonds. The van der Waals surface area contributed by atoms with E-state index in [1.165, 1.54) is 32.2 Å². The number of amides is 1. The van der Waals surface area contributed by atoms with E-state index in [1.54, 1.807) is 0 Å². The van der Waals surface area contributed by atoms with Gasteiger partial charge in [0.2, 0.25) is 5.91 Å². The zero-order valence-corrected chi connectivity index (χ0v) is 9.50. The van der Waals surface area contributed by atoms with Crippen molar-refractivity contribution in [2.45, 2.75) is 38.5 Å². The van der Waals surface area contributed by atoms with E-state index in [-0.39, 0.29) is 0 Å². The molecule has 1 atom stereocenters. The molecule has 86 valence electrons. The van der Waals surface area contributed by atoms with Crippen LogP contribution in [-0.4, -0.2) is 37.0 Å². The minimum Gasteiger partial charge on any atom is -0.343 e. The second-order valence-corrected chi connectivity index (χ2v) is 4.84. The number of hydrogen-bond acceptors (Lipinski definition) is 2. The Morgan fingerprint density at radius 1 is 1.33 bits per heavy atom. The molecule has 2 aliphatic heterocycles. The van der Waals surface area contributed by atoms with Crippen LogP contribution in [-0.2, 0) is 4.79 Å². The van der Waals surface area contributed by atoms with Gasteiger partial charge in [0.1, 0.15) is 0 Å². The molecule has 0 spiro atoms. The Kier molecular flexibility index (Phi) is 4.01. The average Bonchev–Trinajstić information content (AvgIpc) is 2.29. The summed E-state index contributed by atoms with van der Waals surface area (Å²) in [5.74, 6) is 1.18. The van der Waals surface area contributed by atoms with Crippen molar-refractivity contribution in [1.29, 1.82) is 0 Å². The zero-order chi connectivity index (χ0) is 10.5. The van der Waals surface area contributed by atoms with Gasteiger partial charge < -0.3 is 10.2 Å². The van der Waals surface area contributed by atoms with Gasteiger partial charge in [0.25, 0.3) is 0 Å². The maximum Gasteiger partial charge on any atom is 0.222 e. The van der Waals surface area contributed by atoms with Crippen LogP contribution in [0.2, 0.25) is 0 Å². The quantitative estimate of drug-likeness (QED) is 0.763. The summed E-state index contributed by atoms with van der Waals surface area (Å²) in [6, 6.07) is 0. The Morgan fingerprint density at radius 2 is 2.27 bits per heavy atom. The monoisotopic (exact) mass is 210 g/mol. The van der Waals surface area contributed by atoms with Gasteiger partial charge in [-0.05, 0) is 51.1 Å². The lowest BCUT2D eigenvalue weighted by Crippen LogP contribution is -2.38. The summed E-state index contributed by atoms with van der Waals surface area (Å²) in [7, 11) is 0. The predicted molar refractivity (Wildman–Crippen MR) is 60.6 cm³/mol. The van der Waals surface area contributed by atoms with Gasteiger partial charge in [-0.15, -0.1) is 0 Å². The van der Waals surface area contributed by atoms with Crippen molar-refractivity contribution in [2.75, 3.05) is 26.2 Å². The van der Waals surface area contributed by atoms with E-state index >= 15 is 0 Å². The van der Waals surface area contributed by atoms with Gasteiger partial charge in [0, 0.05) is 19.5 Å². The van der Waals surface area contributed by atoms with Crippen molar-refractivity contribution >= 4 is 5.91 Å². The minimum absolute atomic E-state index is 0.380. The molecule has 2 saturated heterocycles. The van der Waals surface area contributed by atoms with E-state index in [0.29, 0.717) is 5.91 Å². The maximum absolute atomic E-state index is 11.6. The number of nitrogens with one attached hydrogen (secondary N) is 1. The summed E-state index contributed by atoms with van der Waals surface area (Å²) in [6.07, 6.45) is 6.92. The number of hydrogen-bond donors (Lipinski definition) is 1. The second kappa shape index (κ2) is 5.50. The third-order valence-corrected chi connectivity index (χ3v) is 3.63. The first kappa shape index (κ1) is 10.9. The van der Waals surface area contributed by atoms with Crippen LogP contribution >= 0.6 is 0 Å². The van der Waals surface area contributed by atoms with Crippen LogP contribution < -0.4 is 5.32 Å². The number of carbonyl (C=O) groups excluding carboxylic acids is 1. The SMILES string of the molecule is O=C1CCCCN1CCC1CCCNC1. The molecule has 2 fully saturated rings.